The van der Waals surface area contributed by atoms with Gasteiger partial charge >= 0.3 is 19.7 Å². The van der Waals surface area contributed by atoms with Crippen LogP contribution in [-0.4, -0.2) is 33.7 Å². The zero-order chi connectivity index (χ0) is 11.8. The van der Waals surface area contributed by atoms with E-state index in [1.165, 1.54) is 0 Å². The molecular formula is C7H11BF2N2O3. The summed E-state index contributed by atoms with van der Waals surface area (Å²) in [5.41, 5.74) is 0.00150. The fourth-order valence-corrected chi connectivity index (χ4v) is 0.600. The molecule has 0 spiro atoms. The summed E-state index contributed by atoms with van der Waals surface area (Å²) in [6.45, 7) is 1.00. The zero-order valence-electron chi connectivity index (χ0n) is 8.26. The molecule has 0 fully saturated rings. The van der Waals surface area contributed by atoms with Gasteiger partial charge in [-0.1, -0.05) is 13.8 Å². The van der Waals surface area contributed by atoms with E-state index >= 15 is 0 Å². The van der Waals surface area contributed by atoms with Crippen molar-refractivity contribution in [3.05, 3.63) is 12.4 Å². The van der Waals surface area contributed by atoms with Crippen molar-refractivity contribution in [2.75, 3.05) is 0 Å². The van der Waals surface area contributed by atoms with Crippen molar-refractivity contribution in [3.63, 3.8) is 0 Å². The molecule has 0 saturated heterocycles. The third kappa shape index (κ3) is 5.23. The van der Waals surface area contributed by atoms with Crippen molar-refractivity contribution >= 4 is 12.6 Å². The number of nitrogens with zero attached hydrogens (tertiary/aromatic N) is 2. The predicted octanol–water partition coefficient (Wildman–Crippen LogP) is -0.216. The second-order valence-electron chi connectivity index (χ2n) is 2.05. The van der Waals surface area contributed by atoms with Crippen molar-refractivity contribution in [1.82, 2.24) is 9.97 Å². The number of rotatable bonds is 3. The highest BCUT2D eigenvalue weighted by molar-refractivity contribution is 6.58. The molecule has 8 heteroatoms. The molecule has 1 heterocycles. The lowest BCUT2D eigenvalue weighted by molar-refractivity contribution is -0.0560. The van der Waals surface area contributed by atoms with E-state index in [0.717, 1.165) is 12.4 Å². The van der Waals surface area contributed by atoms with Gasteiger partial charge in [0.05, 0.1) is 0 Å². The number of hydrogen-bond acceptors (Lipinski definition) is 5. The molecular weight excluding hydrogens is 209 g/mol. The Morgan fingerprint density at radius 1 is 1.27 bits per heavy atom. The molecule has 0 radical (unpaired) electrons. The molecule has 0 bridgehead atoms. The van der Waals surface area contributed by atoms with Crippen LogP contribution in [0.1, 0.15) is 13.8 Å². The van der Waals surface area contributed by atoms with Gasteiger partial charge in [0.25, 0.3) is 0 Å². The van der Waals surface area contributed by atoms with Crippen LogP contribution >= 0.6 is 0 Å². The summed E-state index contributed by atoms with van der Waals surface area (Å²) < 4.78 is 27.0. The Kier molecular flexibility index (Phi) is 6.47. The van der Waals surface area contributed by atoms with Crippen LogP contribution < -0.4 is 10.2 Å². The maximum atomic E-state index is 11.6. The van der Waals surface area contributed by atoms with Crippen LogP contribution in [0.3, 0.4) is 0 Å². The van der Waals surface area contributed by atoms with Gasteiger partial charge in [0.1, 0.15) is 0 Å². The highest BCUT2D eigenvalue weighted by atomic mass is 19.3. The van der Waals surface area contributed by atoms with Gasteiger partial charge in [-0.25, -0.2) is 9.97 Å². The summed E-state index contributed by atoms with van der Waals surface area (Å²) >= 11 is 0. The van der Waals surface area contributed by atoms with E-state index in [1.54, 1.807) is 0 Å². The van der Waals surface area contributed by atoms with Gasteiger partial charge in [0.15, 0.2) is 0 Å². The van der Waals surface area contributed by atoms with Crippen LogP contribution in [0.4, 0.5) is 8.78 Å². The first-order valence-corrected chi connectivity index (χ1v) is 4.22. The number of hydrogen-bond donors (Lipinski definition) is 2. The molecule has 84 valence electrons. The Hall–Kier alpha value is -1.28. The van der Waals surface area contributed by atoms with Gasteiger partial charge in [-0.05, 0) is 0 Å². The lowest BCUT2D eigenvalue weighted by Crippen LogP contribution is -2.30. The van der Waals surface area contributed by atoms with E-state index in [1.807, 2.05) is 13.8 Å². The number of halogens is 2. The second kappa shape index (κ2) is 7.07. The van der Waals surface area contributed by atoms with Crippen molar-refractivity contribution in [1.29, 1.82) is 0 Å². The highest BCUT2D eigenvalue weighted by Crippen LogP contribution is 2.02. The fraction of sp³-hybridized carbons (Fsp3) is 0.429. The Labute approximate surface area is 85.9 Å². The molecule has 0 aliphatic carbocycles. The van der Waals surface area contributed by atoms with Crippen LogP contribution in [0.5, 0.6) is 6.01 Å². The van der Waals surface area contributed by atoms with Gasteiger partial charge in [-0.3, -0.25) is 0 Å². The van der Waals surface area contributed by atoms with Crippen molar-refractivity contribution in [2.24, 2.45) is 0 Å². The third-order valence-electron chi connectivity index (χ3n) is 1.14. The Bertz CT molecular complexity index is 271. The quantitative estimate of drug-likeness (QED) is 0.689. The maximum Gasteiger partial charge on any atom is 0.491 e. The average molecular weight is 220 g/mol. The van der Waals surface area contributed by atoms with Crippen molar-refractivity contribution in [2.45, 2.75) is 20.5 Å². The normalized spacial score (nSPS) is 9.27. The van der Waals surface area contributed by atoms with Crippen molar-refractivity contribution in [3.8, 4) is 6.01 Å². The summed E-state index contributed by atoms with van der Waals surface area (Å²) in [4.78, 5) is 6.61. The first-order chi connectivity index (χ1) is 7.09. The zero-order valence-corrected chi connectivity index (χ0v) is 8.26. The lowest BCUT2D eigenvalue weighted by atomic mass is 9.83. The van der Waals surface area contributed by atoms with Gasteiger partial charge in [0, 0.05) is 17.9 Å². The SMILES string of the molecule is CC.OB(O)c1cnc(OC(F)F)nc1. The summed E-state index contributed by atoms with van der Waals surface area (Å²) in [5, 5.41) is 17.2. The molecule has 0 unspecified atom stereocenters. The number of aromatic nitrogens is 2. The van der Waals surface area contributed by atoms with E-state index in [2.05, 4.69) is 14.7 Å². The molecule has 0 amide bonds. The molecule has 0 aliphatic rings. The largest absolute Gasteiger partial charge is 0.491 e. The molecule has 0 atom stereocenters. The van der Waals surface area contributed by atoms with Crippen LogP contribution in [0.15, 0.2) is 12.4 Å². The Morgan fingerprint density at radius 2 is 1.73 bits per heavy atom. The van der Waals surface area contributed by atoms with Gasteiger partial charge in [-0.2, -0.15) is 8.78 Å². The van der Waals surface area contributed by atoms with E-state index in [-0.39, 0.29) is 5.46 Å². The number of ether oxygens (including phenoxy) is 1. The molecule has 1 aromatic rings. The standard InChI is InChI=1S/C5H5BF2N2O3.C2H6/c7-4(8)13-5-9-1-3(2-10-5)6(11)12;1-2/h1-2,4,11-12H;1-2H3. The van der Waals surface area contributed by atoms with Crippen LogP contribution in [-0.2, 0) is 0 Å². The third-order valence-corrected chi connectivity index (χ3v) is 1.14. The molecule has 1 rings (SSSR count). The minimum atomic E-state index is -3.00. The summed E-state index contributed by atoms with van der Waals surface area (Å²) in [5.74, 6) is 0. The topological polar surface area (TPSA) is 75.5 Å². The molecule has 5 nitrogen and oxygen atoms in total. The maximum absolute atomic E-state index is 11.6. The Balaban J connectivity index is 0.000000921. The number of alkyl halides is 2. The Morgan fingerprint density at radius 3 is 2.07 bits per heavy atom. The lowest BCUT2D eigenvalue weighted by Gasteiger charge is -2.02. The molecule has 0 saturated carbocycles. The molecule has 1 aromatic heterocycles. The van der Waals surface area contributed by atoms with Crippen LogP contribution in [0.2, 0.25) is 0 Å². The second-order valence-corrected chi connectivity index (χ2v) is 2.05. The summed E-state index contributed by atoms with van der Waals surface area (Å²) in [6.07, 6.45) is 1.96. The van der Waals surface area contributed by atoms with Gasteiger partial charge in [-0.15, -0.1) is 0 Å². The first kappa shape index (κ1) is 13.7. The summed E-state index contributed by atoms with van der Waals surface area (Å²) in [7, 11) is -1.72. The molecule has 2 N–H and O–H groups in total. The van der Waals surface area contributed by atoms with E-state index in [9.17, 15) is 8.78 Å². The van der Waals surface area contributed by atoms with Crippen LogP contribution in [0.25, 0.3) is 0 Å². The summed E-state index contributed by atoms with van der Waals surface area (Å²) in [6, 6.07) is -0.514. The van der Waals surface area contributed by atoms with Gasteiger partial charge < -0.3 is 14.8 Å². The monoisotopic (exact) mass is 220 g/mol. The van der Waals surface area contributed by atoms with E-state index in [0.29, 0.717) is 0 Å². The minimum absolute atomic E-state index is 0.00150. The highest BCUT2D eigenvalue weighted by Gasteiger charge is 2.13. The minimum Gasteiger partial charge on any atom is -0.423 e. The molecule has 15 heavy (non-hydrogen) atoms. The molecule has 0 aromatic carbocycles. The van der Waals surface area contributed by atoms with Crippen LogP contribution in [0, 0.1) is 0 Å². The van der Waals surface area contributed by atoms with Gasteiger partial charge in [0.2, 0.25) is 0 Å². The fourth-order valence-electron chi connectivity index (χ4n) is 0.600. The van der Waals surface area contributed by atoms with E-state index in [4.69, 9.17) is 10.0 Å². The average Bonchev–Trinajstić information content (AvgIpc) is 2.20. The first-order valence-electron chi connectivity index (χ1n) is 4.22. The predicted molar refractivity (Wildman–Crippen MR) is 49.8 cm³/mol. The van der Waals surface area contributed by atoms with Crippen molar-refractivity contribution < 1.29 is 23.6 Å². The van der Waals surface area contributed by atoms with E-state index < -0.39 is 19.7 Å². The smallest absolute Gasteiger partial charge is 0.423 e. The molecule has 0 aliphatic heterocycles.